The normalized spacial score (nSPS) is 28.4. The van der Waals surface area contributed by atoms with Gasteiger partial charge in [-0.2, -0.15) is 0 Å². The second kappa shape index (κ2) is 8.69. The molecule has 5 rings (SSSR count). The van der Waals surface area contributed by atoms with E-state index >= 15 is 0 Å². The number of ether oxygens (including phenoxy) is 2. The van der Waals surface area contributed by atoms with Gasteiger partial charge in [-0.15, -0.1) is 0 Å². The minimum atomic E-state index is -0.281. The number of amides is 2. The van der Waals surface area contributed by atoms with Gasteiger partial charge >= 0.3 is 0 Å². The van der Waals surface area contributed by atoms with Crippen molar-refractivity contribution in [1.82, 2.24) is 9.80 Å². The van der Waals surface area contributed by atoms with Crippen LogP contribution in [0.3, 0.4) is 0 Å². The molecule has 0 aromatic heterocycles. The standard InChI is InChI=1S/C24H33N3O4/c1-25(15-17-5-4-10-26-9-3-2-6-20(17)26)24(29)18-13-23(28)27(16-18)19-7-8-21-22(14-19)31-12-11-30-21/h7-8,14,17-18,20H,2-6,9-13,15-16H2,1H3/t17-,18+,20-/m0/s1. The smallest absolute Gasteiger partial charge is 0.227 e. The molecule has 4 aliphatic heterocycles. The molecular weight excluding hydrogens is 394 g/mol. The van der Waals surface area contributed by atoms with Crippen molar-refractivity contribution in [3.8, 4) is 11.5 Å². The molecule has 7 heteroatoms. The molecule has 4 heterocycles. The van der Waals surface area contributed by atoms with Gasteiger partial charge in [0, 0.05) is 44.4 Å². The highest BCUT2D eigenvalue weighted by atomic mass is 16.6. The molecule has 0 bridgehead atoms. The number of anilines is 1. The van der Waals surface area contributed by atoms with Gasteiger partial charge in [0.1, 0.15) is 13.2 Å². The minimum absolute atomic E-state index is 0.000417. The van der Waals surface area contributed by atoms with Crippen LogP contribution in [0, 0.1) is 11.8 Å². The van der Waals surface area contributed by atoms with Crippen molar-refractivity contribution >= 4 is 17.5 Å². The van der Waals surface area contributed by atoms with Crippen LogP contribution in [0.15, 0.2) is 18.2 Å². The molecule has 31 heavy (non-hydrogen) atoms. The van der Waals surface area contributed by atoms with Crippen molar-refractivity contribution in [3.05, 3.63) is 18.2 Å². The van der Waals surface area contributed by atoms with Gasteiger partial charge in [-0.1, -0.05) is 6.42 Å². The summed E-state index contributed by atoms with van der Waals surface area (Å²) >= 11 is 0. The Morgan fingerprint density at radius 1 is 1.10 bits per heavy atom. The zero-order valence-corrected chi connectivity index (χ0v) is 18.4. The predicted octanol–water partition coefficient (Wildman–Crippen LogP) is 2.53. The highest BCUT2D eigenvalue weighted by Gasteiger charge is 2.39. The van der Waals surface area contributed by atoms with E-state index in [0.29, 0.717) is 43.2 Å². The topological polar surface area (TPSA) is 62.3 Å². The maximum absolute atomic E-state index is 13.2. The second-order valence-electron chi connectivity index (χ2n) is 9.45. The van der Waals surface area contributed by atoms with Crippen LogP contribution >= 0.6 is 0 Å². The second-order valence-corrected chi connectivity index (χ2v) is 9.45. The molecule has 3 atom stereocenters. The molecule has 3 saturated heterocycles. The summed E-state index contributed by atoms with van der Waals surface area (Å²) in [5, 5.41) is 0. The zero-order valence-electron chi connectivity index (χ0n) is 18.4. The summed E-state index contributed by atoms with van der Waals surface area (Å²) in [6.45, 7) is 4.70. The summed E-state index contributed by atoms with van der Waals surface area (Å²) < 4.78 is 11.2. The van der Waals surface area contributed by atoms with E-state index in [0.717, 1.165) is 12.2 Å². The number of piperidine rings is 2. The molecule has 4 aliphatic rings. The number of rotatable bonds is 4. The first-order valence-corrected chi connectivity index (χ1v) is 11.8. The highest BCUT2D eigenvalue weighted by molar-refractivity contribution is 6.00. The lowest BCUT2D eigenvalue weighted by molar-refractivity contribution is -0.135. The fourth-order valence-corrected chi connectivity index (χ4v) is 5.87. The Balaban J connectivity index is 1.22. The van der Waals surface area contributed by atoms with Crippen molar-refractivity contribution in [2.45, 2.75) is 44.6 Å². The first kappa shape index (κ1) is 20.6. The summed E-state index contributed by atoms with van der Waals surface area (Å²) in [4.78, 5) is 32.2. The Hall–Kier alpha value is -2.28. The molecule has 1 aromatic carbocycles. The Morgan fingerprint density at radius 3 is 2.77 bits per heavy atom. The lowest BCUT2D eigenvalue weighted by atomic mass is 9.83. The number of fused-ring (bicyclic) bond motifs is 2. The maximum atomic E-state index is 13.2. The lowest BCUT2D eigenvalue weighted by Gasteiger charge is -2.45. The first-order chi connectivity index (χ1) is 15.1. The minimum Gasteiger partial charge on any atom is -0.486 e. The van der Waals surface area contributed by atoms with E-state index in [1.54, 1.807) is 4.90 Å². The van der Waals surface area contributed by atoms with Crippen LogP contribution in [0.5, 0.6) is 11.5 Å². The molecular formula is C24H33N3O4. The summed E-state index contributed by atoms with van der Waals surface area (Å²) in [6, 6.07) is 6.19. The Bertz CT molecular complexity index is 842. The molecule has 1 aromatic rings. The fraction of sp³-hybridized carbons (Fsp3) is 0.667. The van der Waals surface area contributed by atoms with Gasteiger partial charge in [0.05, 0.1) is 5.92 Å². The van der Waals surface area contributed by atoms with Crippen LogP contribution in [0.4, 0.5) is 5.69 Å². The Morgan fingerprint density at radius 2 is 1.90 bits per heavy atom. The predicted molar refractivity (Wildman–Crippen MR) is 117 cm³/mol. The van der Waals surface area contributed by atoms with E-state index in [1.165, 1.54) is 45.2 Å². The van der Waals surface area contributed by atoms with E-state index in [9.17, 15) is 9.59 Å². The fourth-order valence-electron chi connectivity index (χ4n) is 5.87. The maximum Gasteiger partial charge on any atom is 0.227 e. The highest BCUT2D eigenvalue weighted by Crippen LogP contribution is 2.36. The summed E-state index contributed by atoms with van der Waals surface area (Å²) in [5.41, 5.74) is 0.775. The van der Waals surface area contributed by atoms with Crippen molar-refractivity contribution in [1.29, 1.82) is 0 Å². The van der Waals surface area contributed by atoms with Gasteiger partial charge in [-0.05, 0) is 56.8 Å². The van der Waals surface area contributed by atoms with Crippen molar-refractivity contribution in [2.75, 3.05) is 51.3 Å². The van der Waals surface area contributed by atoms with E-state index in [4.69, 9.17) is 9.47 Å². The van der Waals surface area contributed by atoms with Crippen LogP contribution in [0.2, 0.25) is 0 Å². The summed E-state index contributed by atoms with van der Waals surface area (Å²) in [6.07, 6.45) is 6.56. The molecule has 3 fully saturated rings. The molecule has 0 unspecified atom stereocenters. The number of carbonyl (C=O) groups is 2. The van der Waals surface area contributed by atoms with Gasteiger partial charge in [0.2, 0.25) is 11.8 Å². The average Bonchev–Trinajstić information content (AvgIpc) is 3.20. The van der Waals surface area contributed by atoms with Crippen molar-refractivity contribution in [2.24, 2.45) is 11.8 Å². The zero-order chi connectivity index (χ0) is 21.4. The third-order valence-electron chi connectivity index (χ3n) is 7.42. The SMILES string of the molecule is CN(C[C@@H]1CCCN2CCCC[C@@H]12)C(=O)[C@@H]1CC(=O)N(c2ccc3c(c2)OCCO3)C1. The number of benzene rings is 1. The number of hydrogen-bond donors (Lipinski definition) is 0. The van der Waals surface area contributed by atoms with Gasteiger partial charge in [0.25, 0.3) is 0 Å². The number of nitrogens with zero attached hydrogens (tertiary/aromatic N) is 3. The average molecular weight is 428 g/mol. The molecule has 0 N–H and O–H groups in total. The van der Waals surface area contributed by atoms with Crippen molar-refractivity contribution < 1.29 is 19.1 Å². The van der Waals surface area contributed by atoms with E-state index in [2.05, 4.69) is 4.90 Å². The van der Waals surface area contributed by atoms with Crippen LogP contribution in [0.1, 0.15) is 38.5 Å². The van der Waals surface area contributed by atoms with E-state index in [-0.39, 0.29) is 24.2 Å². The van der Waals surface area contributed by atoms with Gasteiger partial charge in [-0.25, -0.2) is 0 Å². The van der Waals surface area contributed by atoms with Gasteiger partial charge in [0.15, 0.2) is 11.5 Å². The quantitative estimate of drug-likeness (QED) is 0.739. The van der Waals surface area contributed by atoms with Crippen LogP contribution < -0.4 is 14.4 Å². The lowest BCUT2D eigenvalue weighted by Crippen LogP contribution is -2.51. The van der Waals surface area contributed by atoms with Crippen LogP contribution in [-0.4, -0.2) is 74.1 Å². The Labute approximate surface area is 184 Å². The molecule has 0 radical (unpaired) electrons. The number of carbonyl (C=O) groups excluding carboxylic acids is 2. The van der Waals surface area contributed by atoms with Gasteiger partial charge < -0.3 is 24.2 Å². The Kier molecular flexibility index (Phi) is 5.78. The number of hydrogen-bond acceptors (Lipinski definition) is 5. The molecule has 2 amide bonds. The van der Waals surface area contributed by atoms with Crippen molar-refractivity contribution in [3.63, 3.8) is 0 Å². The first-order valence-electron chi connectivity index (χ1n) is 11.8. The van der Waals surface area contributed by atoms with Gasteiger partial charge in [-0.3, -0.25) is 9.59 Å². The summed E-state index contributed by atoms with van der Waals surface area (Å²) in [7, 11) is 1.92. The monoisotopic (exact) mass is 427 g/mol. The molecule has 0 spiro atoms. The molecule has 0 aliphatic carbocycles. The summed E-state index contributed by atoms with van der Waals surface area (Å²) in [5.74, 6) is 1.74. The molecule has 0 saturated carbocycles. The van der Waals surface area contributed by atoms with E-state index < -0.39 is 0 Å². The van der Waals surface area contributed by atoms with E-state index in [1.807, 2.05) is 30.1 Å². The third-order valence-corrected chi connectivity index (χ3v) is 7.42. The van der Waals surface area contributed by atoms with Crippen LogP contribution in [-0.2, 0) is 9.59 Å². The molecule has 7 nitrogen and oxygen atoms in total. The largest absolute Gasteiger partial charge is 0.486 e. The van der Waals surface area contributed by atoms with Crippen LogP contribution in [0.25, 0.3) is 0 Å². The molecule has 168 valence electrons. The third kappa shape index (κ3) is 4.12.